The summed E-state index contributed by atoms with van der Waals surface area (Å²) in [6.45, 7) is 1.65. The van der Waals surface area contributed by atoms with Crippen molar-refractivity contribution in [3.63, 3.8) is 0 Å². The van der Waals surface area contributed by atoms with Gasteiger partial charge in [-0.1, -0.05) is 30.3 Å². The van der Waals surface area contributed by atoms with Crippen LogP contribution in [0.4, 0.5) is 9.18 Å². The Bertz CT molecular complexity index is 396. The molecule has 0 aliphatic carbocycles. The van der Waals surface area contributed by atoms with Crippen molar-refractivity contribution < 1.29 is 9.18 Å². The van der Waals surface area contributed by atoms with Crippen molar-refractivity contribution in [1.29, 1.82) is 0 Å². The van der Waals surface area contributed by atoms with E-state index in [4.69, 9.17) is 0 Å². The van der Waals surface area contributed by atoms with Gasteiger partial charge >= 0.3 is 6.03 Å². The van der Waals surface area contributed by atoms with Gasteiger partial charge in [-0.25, -0.2) is 4.79 Å². The molecule has 1 N–H and O–H groups in total. The smallest absolute Gasteiger partial charge is 0.317 e. The number of amides is 2. The molecule has 4 heteroatoms. The summed E-state index contributed by atoms with van der Waals surface area (Å²) in [6, 6.07) is 10.3. The summed E-state index contributed by atoms with van der Waals surface area (Å²) < 4.78 is 12.0. The van der Waals surface area contributed by atoms with Gasteiger partial charge in [-0.05, 0) is 30.7 Å². The summed E-state index contributed by atoms with van der Waals surface area (Å²) in [5.74, 6) is 0.536. The van der Waals surface area contributed by atoms with Crippen molar-refractivity contribution in [2.75, 3.05) is 26.3 Å². The van der Waals surface area contributed by atoms with Gasteiger partial charge in [0.05, 0.1) is 6.67 Å². The van der Waals surface area contributed by atoms with Crippen LogP contribution in [0, 0.1) is 5.92 Å². The molecule has 1 heterocycles. The highest BCUT2D eigenvalue weighted by molar-refractivity contribution is 5.74. The molecule has 2 rings (SSSR count). The van der Waals surface area contributed by atoms with E-state index in [9.17, 15) is 9.18 Å². The Morgan fingerprint density at radius 1 is 1.37 bits per heavy atom. The maximum Gasteiger partial charge on any atom is 0.317 e. The van der Waals surface area contributed by atoms with E-state index in [0.29, 0.717) is 18.9 Å². The van der Waals surface area contributed by atoms with Crippen LogP contribution < -0.4 is 5.32 Å². The number of alkyl halides is 1. The molecule has 19 heavy (non-hydrogen) atoms. The minimum Gasteiger partial charge on any atom is -0.338 e. The van der Waals surface area contributed by atoms with E-state index in [1.54, 1.807) is 0 Å². The summed E-state index contributed by atoms with van der Waals surface area (Å²) in [4.78, 5) is 13.6. The molecule has 2 amide bonds. The standard InChI is InChI=1S/C15H21FN2O/c16-8-4-9-17-15(19)18-10-7-14(12-18)11-13-5-2-1-3-6-13/h1-3,5-6,14H,4,7-12H2,(H,17,19). The lowest BCUT2D eigenvalue weighted by atomic mass is 9.99. The molecule has 0 radical (unpaired) electrons. The SMILES string of the molecule is O=C(NCCCF)N1CCC(Cc2ccccc2)C1. The van der Waals surface area contributed by atoms with E-state index >= 15 is 0 Å². The second kappa shape index (κ2) is 7.12. The van der Waals surface area contributed by atoms with Crippen LogP contribution in [-0.4, -0.2) is 37.2 Å². The molecule has 104 valence electrons. The molecule has 1 saturated heterocycles. The quantitative estimate of drug-likeness (QED) is 0.815. The lowest BCUT2D eigenvalue weighted by Crippen LogP contribution is -2.39. The number of halogens is 1. The molecule has 1 aliphatic rings. The van der Waals surface area contributed by atoms with E-state index in [1.807, 2.05) is 23.1 Å². The molecule has 0 aromatic heterocycles. The third-order valence-electron chi connectivity index (χ3n) is 3.53. The van der Waals surface area contributed by atoms with Gasteiger partial charge in [-0.2, -0.15) is 0 Å². The normalized spacial score (nSPS) is 18.6. The zero-order valence-electron chi connectivity index (χ0n) is 11.1. The van der Waals surface area contributed by atoms with Crippen LogP contribution in [0.15, 0.2) is 30.3 Å². The molecular formula is C15H21FN2O. The number of likely N-dealkylation sites (tertiary alicyclic amines) is 1. The lowest BCUT2D eigenvalue weighted by molar-refractivity contribution is 0.206. The molecule has 0 spiro atoms. The largest absolute Gasteiger partial charge is 0.338 e. The van der Waals surface area contributed by atoms with Crippen molar-refractivity contribution in [3.8, 4) is 0 Å². The molecule has 0 saturated carbocycles. The second-order valence-corrected chi connectivity index (χ2v) is 5.06. The average molecular weight is 264 g/mol. The zero-order chi connectivity index (χ0) is 13.5. The fourth-order valence-electron chi connectivity index (χ4n) is 2.51. The first-order valence-electron chi connectivity index (χ1n) is 6.92. The highest BCUT2D eigenvalue weighted by atomic mass is 19.1. The maximum atomic E-state index is 12.0. The number of urea groups is 1. The van der Waals surface area contributed by atoms with Crippen LogP contribution >= 0.6 is 0 Å². The molecular weight excluding hydrogens is 243 g/mol. The number of rotatable bonds is 5. The van der Waals surface area contributed by atoms with Gasteiger partial charge in [-0.3, -0.25) is 4.39 Å². The van der Waals surface area contributed by atoms with Gasteiger partial charge < -0.3 is 10.2 Å². The first kappa shape index (κ1) is 13.8. The number of nitrogens with one attached hydrogen (secondary N) is 1. The fourth-order valence-corrected chi connectivity index (χ4v) is 2.51. The number of benzene rings is 1. The van der Waals surface area contributed by atoms with E-state index in [2.05, 4.69) is 17.4 Å². The number of carbonyl (C=O) groups excluding carboxylic acids is 1. The molecule has 1 aromatic carbocycles. The molecule has 0 bridgehead atoms. The predicted molar refractivity (Wildman–Crippen MR) is 73.8 cm³/mol. The molecule has 1 fully saturated rings. The molecule has 1 atom stereocenters. The Hall–Kier alpha value is -1.58. The first-order chi connectivity index (χ1) is 9.29. The van der Waals surface area contributed by atoms with Crippen LogP contribution in [0.5, 0.6) is 0 Å². The van der Waals surface area contributed by atoms with Gasteiger partial charge in [0.15, 0.2) is 0 Å². The average Bonchev–Trinajstić information content (AvgIpc) is 2.89. The number of nitrogens with zero attached hydrogens (tertiary/aromatic N) is 1. The molecule has 1 unspecified atom stereocenters. The van der Waals surface area contributed by atoms with E-state index in [0.717, 1.165) is 25.9 Å². The van der Waals surface area contributed by atoms with Crippen LogP contribution in [0.2, 0.25) is 0 Å². The minimum absolute atomic E-state index is 0.0518. The van der Waals surface area contributed by atoms with E-state index in [1.165, 1.54) is 5.56 Å². The Kier molecular flexibility index (Phi) is 5.19. The Balaban J connectivity index is 1.75. The van der Waals surface area contributed by atoms with E-state index < -0.39 is 0 Å². The summed E-state index contributed by atoms with van der Waals surface area (Å²) in [7, 11) is 0. The Morgan fingerprint density at radius 3 is 2.89 bits per heavy atom. The predicted octanol–water partition coefficient (Wildman–Crippen LogP) is 2.62. The van der Waals surface area contributed by atoms with Crippen molar-refractivity contribution in [2.24, 2.45) is 5.92 Å². The van der Waals surface area contributed by atoms with Gasteiger partial charge in [0.2, 0.25) is 0 Å². The Morgan fingerprint density at radius 2 is 2.16 bits per heavy atom. The van der Waals surface area contributed by atoms with Gasteiger partial charge in [0, 0.05) is 19.6 Å². The second-order valence-electron chi connectivity index (χ2n) is 5.06. The van der Waals surface area contributed by atoms with Crippen LogP contribution in [0.1, 0.15) is 18.4 Å². The molecule has 1 aromatic rings. The van der Waals surface area contributed by atoms with Gasteiger partial charge in [-0.15, -0.1) is 0 Å². The van der Waals surface area contributed by atoms with Crippen molar-refractivity contribution in [1.82, 2.24) is 10.2 Å². The topological polar surface area (TPSA) is 32.3 Å². The van der Waals surface area contributed by atoms with Crippen molar-refractivity contribution in [3.05, 3.63) is 35.9 Å². The van der Waals surface area contributed by atoms with Gasteiger partial charge in [0.25, 0.3) is 0 Å². The van der Waals surface area contributed by atoms with Crippen LogP contribution in [0.25, 0.3) is 0 Å². The zero-order valence-corrected chi connectivity index (χ0v) is 11.1. The third kappa shape index (κ3) is 4.23. The monoisotopic (exact) mass is 264 g/mol. The number of hydrogen-bond donors (Lipinski definition) is 1. The first-order valence-corrected chi connectivity index (χ1v) is 6.92. The maximum absolute atomic E-state index is 12.0. The summed E-state index contributed by atoms with van der Waals surface area (Å²) in [6.07, 6.45) is 2.47. The van der Waals surface area contributed by atoms with Crippen molar-refractivity contribution in [2.45, 2.75) is 19.3 Å². The van der Waals surface area contributed by atoms with Crippen LogP contribution in [-0.2, 0) is 6.42 Å². The molecule has 3 nitrogen and oxygen atoms in total. The number of carbonyl (C=O) groups is 1. The van der Waals surface area contributed by atoms with Crippen LogP contribution in [0.3, 0.4) is 0 Å². The fraction of sp³-hybridized carbons (Fsp3) is 0.533. The highest BCUT2D eigenvalue weighted by Crippen LogP contribution is 2.20. The number of hydrogen-bond acceptors (Lipinski definition) is 1. The summed E-state index contributed by atoms with van der Waals surface area (Å²) in [5.41, 5.74) is 1.33. The summed E-state index contributed by atoms with van der Waals surface area (Å²) >= 11 is 0. The Labute approximate surface area is 113 Å². The minimum atomic E-state index is -0.378. The van der Waals surface area contributed by atoms with E-state index in [-0.39, 0.29) is 12.7 Å². The highest BCUT2D eigenvalue weighted by Gasteiger charge is 2.25. The molecule has 1 aliphatic heterocycles. The van der Waals surface area contributed by atoms with Gasteiger partial charge in [0.1, 0.15) is 0 Å². The van der Waals surface area contributed by atoms with Crippen molar-refractivity contribution >= 4 is 6.03 Å². The third-order valence-corrected chi connectivity index (χ3v) is 3.53. The summed E-state index contributed by atoms with van der Waals surface area (Å²) in [5, 5.41) is 2.76. The lowest BCUT2D eigenvalue weighted by Gasteiger charge is -2.17.